The summed E-state index contributed by atoms with van der Waals surface area (Å²) in [6.07, 6.45) is 0. The zero-order chi connectivity index (χ0) is 24.2. The van der Waals surface area contributed by atoms with E-state index in [4.69, 9.17) is 14.2 Å². The SMILES string of the molecule is COc1cccc(OC)c1C(=O)Nc1ccc2c(c1)CN(Cc1cc(F)cc(F)c1)C(=O)CO2. The number of nitrogens with zero attached hydrogens (tertiary/aromatic N) is 1. The van der Waals surface area contributed by atoms with Crippen LogP contribution in [0.3, 0.4) is 0 Å². The summed E-state index contributed by atoms with van der Waals surface area (Å²) in [6, 6.07) is 13.2. The van der Waals surface area contributed by atoms with Gasteiger partial charge in [0.15, 0.2) is 6.61 Å². The summed E-state index contributed by atoms with van der Waals surface area (Å²) in [5.74, 6) is -1.01. The molecule has 7 nitrogen and oxygen atoms in total. The smallest absolute Gasteiger partial charge is 0.263 e. The van der Waals surface area contributed by atoms with Crippen molar-refractivity contribution in [2.24, 2.45) is 0 Å². The van der Waals surface area contributed by atoms with Crippen molar-refractivity contribution in [3.63, 3.8) is 0 Å². The van der Waals surface area contributed by atoms with E-state index in [2.05, 4.69) is 5.32 Å². The molecule has 1 aliphatic rings. The number of carbonyl (C=O) groups is 2. The quantitative estimate of drug-likeness (QED) is 0.588. The van der Waals surface area contributed by atoms with Gasteiger partial charge in [0.1, 0.15) is 34.4 Å². The average Bonchev–Trinajstić information content (AvgIpc) is 2.96. The van der Waals surface area contributed by atoms with Crippen LogP contribution in [-0.2, 0) is 17.9 Å². The van der Waals surface area contributed by atoms with E-state index < -0.39 is 17.5 Å². The Morgan fingerprint density at radius 2 is 1.71 bits per heavy atom. The normalized spacial score (nSPS) is 12.9. The van der Waals surface area contributed by atoms with Gasteiger partial charge in [-0.15, -0.1) is 0 Å². The first-order chi connectivity index (χ1) is 16.4. The van der Waals surface area contributed by atoms with Crippen molar-refractivity contribution in [1.29, 1.82) is 0 Å². The molecule has 0 aromatic heterocycles. The van der Waals surface area contributed by atoms with E-state index in [1.165, 1.54) is 31.3 Å². The third kappa shape index (κ3) is 4.93. The predicted octanol–water partition coefficient (Wildman–Crippen LogP) is 4.16. The maximum Gasteiger partial charge on any atom is 0.263 e. The summed E-state index contributed by atoms with van der Waals surface area (Å²) in [7, 11) is 2.92. The van der Waals surface area contributed by atoms with Crippen LogP contribution < -0.4 is 19.5 Å². The number of methoxy groups -OCH3 is 2. The lowest BCUT2D eigenvalue weighted by Crippen LogP contribution is -2.31. The lowest BCUT2D eigenvalue weighted by molar-refractivity contribution is -0.133. The van der Waals surface area contributed by atoms with E-state index in [1.807, 2.05) is 0 Å². The number of ether oxygens (including phenoxy) is 3. The molecule has 1 heterocycles. The molecule has 1 aliphatic heterocycles. The Labute approximate surface area is 194 Å². The number of amides is 2. The highest BCUT2D eigenvalue weighted by molar-refractivity contribution is 6.08. The topological polar surface area (TPSA) is 77.1 Å². The molecule has 0 bridgehead atoms. The van der Waals surface area contributed by atoms with Crippen LogP contribution in [0.15, 0.2) is 54.6 Å². The molecule has 2 amide bonds. The highest BCUT2D eigenvalue weighted by Gasteiger charge is 2.24. The zero-order valence-corrected chi connectivity index (χ0v) is 18.6. The Bertz CT molecular complexity index is 1210. The van der Waals surface area contributed by atoms with Gasteiger partial charge >= 0.3 is 0 Å². The standard InChI is InChI=1S/C25H22F2N2O5/c1-32-21-4-3-5-22(33-2)24(21)25(31)28-19-6-7-20-16(10-19)13-29(23(30)14-34-20)12-15-8-17(26)11-18(27)9-15/h3-11H,12-14H2,1-2H3,(H,28,31). The molecule has 34 heavy (non-hydrogen) atoms. The monoisotopic (exact) mass is 468 g/mol. The Morgan fingerprint density at radius 3 is 2.35 bits per heavy atom. The van der Waals surface area contributed by atoms with Gasteiger partial charge in [-0.3, -0.25) is 9.59 Å². The van der Waals surface area contributed by atoms with Crippen LogP contribution in [0, 0.1) is 11.6 Å². The minimum Gasteiger partial charge on any atom is -0.496 e. The molecule has 0 atom stereocenters. The fourth-order valence-electron chi connectivity index (χ4n) is 3.78. The molecule has 9 heteroatoms. The van der Waals surface area contributed by atoms with E-state index >= 15 is 0 Å². The third-order valence-electron chi connectivity index (χ3n) is 5.33. The van der Waals surface area contributed by atoms with Crippen molar-refractivity contribution in [1.82, 2.24) is 4.90 Å². The molecule has 1 N–H and O–H groups in total. The maximum atomic E-state index is 13.6. The van der Waals surface area contributed by atoms with Crippen LogP contribution in [0.25, 0.3) is 0 Å². The summed E-state index contributed by atoms with van der Waals surface area (Å²) in [6.45, 7) is -0.0752. The van der Waals surface area contributed by atoms with E-state index in [0.717, 1.165) is 6.07 Å². The van der Waals surface area contributed by atoms with E-state index in [9.17, 15) is 18.4 Å². The number of anilines is 1. The molecule has 0 aliphatic carbocycles. The fourth-order valence-corrected chi connectivity index (χ4v) is 3.78. The van der Waals surface area contributed by atoms with Crippen molar-refractivity contribution >= 4 is 17.5 Å². The van der Waals surface area contributed by atoms with Crippen molar-refractivity contribution in [3.8, 4) is 17.2 Å². The van der Waals surface area contributed by atoms with Crippen LogP contribution in [-0.4, -0.2) is 37.5 Å². The molecule has 0 radical (unpaired) electrons. The summed E-state index contributed by atoms with van der Waals surface area (Å²) in [5, 5.41) is 2.81. The molecule has 4 rings (SSSR count). The first-order valence-corrected chi connectivity index (χ1v) is 10.4. The van der Waals surface area contributed by atoms with Crippen molar-refractivity contribution in [3.05, 3.63) is 82.9 Å². The van der Waals surface area contributed by atoms with E-state index in [0.29, 0.717) is 34.1 Å². The molecule has 0 fully saturated rings. The molecule has 3 aromatic rings. The number of hydrogen-bond donors (Lipinski definition) is 1. The van der Waals surface area contributed by atoms with E-state index in [1.54, 1.807) is 36.4 Å². The minimum absolute atomic E-state index is 0.00527. The molecule has 0 unspecified atom stereocenters. The summed E-state index contributed by atoms with van der Waals surface area (Å²) >= 11 is 0. The number of nitrogens with one attached hydrogen (secondary N) is 1. The second kappa shape index (κ2) is 9.78. The number of carbonyl (C=O) groups excluding carboxylic acids is 2. The van der Waals surface area contributed by atoms with Crippen molar-refractivity contribution in [2.45, 2.75) is 13.1 Å². The van der Waals surface area contributed by atoms with Crippen LogP contribution >= 0.6 is 0 Å². The van der Waals surface area contributed by atoms with Gasteiger partial charge in [0, 0.05) is 30.4 Å². The first kappa shape index (κ1) is 23.0. The number of hydrogen-bond acceptors (Lipinski definition) is 5. The highest BCUT2D eigenvalue weighted by atomic mass is 19.1. The Morgan fingerprint density at radius 1 is 1.03 bits per heavy atom. The predicted molar refractivity (Wildman–Crippen MR) is 120 cm³/mol. The van der Waals surface area contributed by atoms with Gasteiger partial charge in [-0.1, -0.05) is 6.07 Å². The summed E-state index contributed by atoms with van der Waals surface area (Å²) < 4.78 is 43.4. The average molecular weight is 468 g/mol. The molecule has 0 spiro atoms. The Hall–Kier alpha value is -4.14. The zero-order valence-electron chi connectivity index (χ0n) is 18.6. The fraction of sp³-hybridized carbons (Fsp3) is 0.200. The molecular weight excluding hydrogens is 446 g/mol. The Balaban J connectivity index is 1.58. The van der Waals surface area contributed by atoms with Crippen LogP contribution in [0.1, 0.15) is 21.5 Å². The molecule has 3 aromatic carbocycles. The van der Waals surface area contributed by atoms with Gasteiger partial charge in [-0.25, -0.2) is 8.78 Å². The molecule has 0 saturated heterocycles. The van der Waals surface area contributed by atoms with Gasteiger partial charge < -0.3 is 24.4 Å². The first-order valence-electron chi connectivity index (χ1n) is 10.4. The van der Waals surface area contributed by atoms with Gasteiger partial charge in [0.2, 0.25) is 0 Å². The molecule has 0 saturated carbocycles. The second-order valence-corrected chi connectivity index (χ2v) is 7.63. The lowest BCUT2D eigenvalue weighted by Gasteiger charge is -2.20. The number of rotatable bonds is 6. The molecule has 176 valence electrons. The van der Waals surface area contributed by atoms with Crippen molar-refractivity contribution < 1.29 is 32.6 Å². The number of benzene rings is 3. The third-order valence-corrected chi connectivity index (χ3v) is 5.33. The summed E-state index contributed by atoms with van der Waals surface area (Å²) in [4.78, 5) is 27.0. The van der Waals surface area contributed by atoms with Crippen molar-refractivity contribution in [2.75, 3.05) is 26.1 Å². The van der Waals surface area contributed by atoms with Gasteiger partial charge in [-0.05, 0) is 48.0 Å². The van der Waals surface area contributed by atoms with Crippen LogP contribution in [0.5, 0.6) is 17.2 Å². The largest absolute Gasteiger partial charge is 0.496 e. The highest BCUT2D eigenvalue weighted by Crippen LogP contribution is 2.31. The second-order valence-electron chi connectivity index (χ2n) is 7.63. The maximum absolute atomic E-state index is 13.6. The van der Waals surface area contributed by atoms with Gasteiger partial charge in [-0.2, -0.15) is 0 Å². The van der Waals surface area contributed by atoms with E-state index in [-0.39, 0.29) is 31.2 Å². The summed E-state index contributed by atoms with van der Waals surface area (Å²) in [5.41, 5.74) is 1.66. The number of halogens is 2. The van der Waals surface area contributed by atoms with Gasteiger partial charge in [0.05, 0.1) is 14.2 Å². The Kier molecular flexibility index (Phi) is 6.62. The number of fused-ring (bicyclic) bond motifs is 1. The minimum atomic E-state index is -0.717. The molecular formula is C25H22F2N2O5. The van der Waals surface area contributed by atoms with Crippen LogP contribution in [0.4, 0.5) is 14.5 Å². The van der Waals surface area contributed by atoms with Crippen LogP contribution in [0.2, 0.25) is 0 Å². The lowest BCUT2D eigenvalue weighted by atomic mass is 10.1. The van der Waals surface area contributed by atoms with Gasteiger partial charge in [0.25, 0.3) is 11.8 Å².